The third kappa shape index (κ3) is 2.17. The van der Waals surface area contributed by atoms with Crippen LogP contribution in [0, 0.1) is 0 Å². The summed E-state index contributed by atoms with van der Waals surface area (Å²) in [7, 11) is 0. The molecule has 0 spiro atoms. The maximum absolute atomic E-state index is 12.8. The average Bonchev–Trinajstić information content (AvgIpc) is 3.18. The van der Waals surface area contributed by atoms with Crippen LogP contribution in [-0.2, 0) is 12.6 Å². The SMILES string of the molecule is O=C(c1nn2c(C(F)(F)F)nnc2s1)N1CCc2ccccc21. The van der Waals surface area contributed by atoms with E-state index in [-0.39, 0.29) is 9.97 Å². The number of hydrogen-bond acceptors (Lipinski definition) is 5. The molecule has 1 aliphatic rings. The number of fused-ring (bicyclic) bond motifs is 2. The summed E-state index contributed by atoms with van der Waals surface area (Å²) < 4.78 is 39.0. The molecule has 1 aromatic carbocycles. The van der Waals surface area contributed by atoms with Crippen LogP contribution in [-0.4, -0.2) is 32.3 Å². The van der Waals surface area contributed by atoms with E-state index in [1.165, 1.54) is 4.90 Å². The number of nitrogens with zero attached hydrogens (tertiary/aromatic N) is 5. The molecule has 3 heterocycles. The minimum Gasteiger partial charge on any atom is -0.306 e. The minimum atomic E-state index is -4.67. The summed E-state index contributed by atoms with van der Waals surface area (Å²) in [6.07, 6.45) is -3.96. The molecule has 0 aliphatic carbocycles. The lowest BCUT2D eigenvalue weighted by Crippen LogP contribution is -2.29. The van der Waals surface area contributed by atoms with Gasteiger partial charge in [0.25, 0.3) is 11.7 Å². The van der Waals surface area contributed by atoms with E-state index in [9.17, 15) is 18.0 Å². The fraction of sp³-hybridized carbons (Fsp3) is 0.231. The molecular formula is C13H8F3N5OS. The van der Waals surface area contributed by atoms with E-state index >= 15 is 0 Å². The number of benzene rings is 1. The van der Waals surface area contributed by atoms with E-state index in [0.717, 1.165) is 22.6 Å². The van der Waals surface area contributed by atoms with Gasteiger partial charge >= 0.3 is 6.18 Å². The zero-order valence-electron chi connectivity index (χ0n) is 11.4. The molecule has 1 aliphatic heterocycles. The number of hydrogen-bond donors (Lipinski definition) is 0. The summed E-state index contributed by atoms with van der Waals surface area (Å²) in [6.45, 7) is 0.477. The van der Waals surface area contributed by atoms with E-state index < -0.39 is 17.9 Å². The summed E-state index contributed by atoms with van der Waals surface area (Å²) in [5.74, 6) is -1.66. The molecule has 0 atom stereocenters. The highest BCUT2D eigenvalue weighted by atomic mass is 32.1. The fourth-order valence-corrected chi connectivity index (χ4v) is 3.33. The Hall–Kier alpha value is -2.49. The van der Waals surface area contributed by atoms with E-state index in [1.807, 2.05) is 24.3 Å². The van der Waals surface area contributed by atoms with E-state index in [4.69, 9.17) is 0 Å². The van der Waals surface area contributed by atoms with Crippen LogP contribution < -0.4 is 4.90 Å². The van der Waals surface area contributed by atoms with Crippen LogP contribution in [0.1, 0.15) is 21.2 Å². The van der Waals surface area contributed by atoms with Crippen LogP contribution in [0.25, 0.3) is 4.96 Å². The highest BCUT2D eigenvalue weighted by Crippen LogP contribution is 2.31. The number of para-hydroxylation sites is 1. The Bertz CT molecular complexity index is 916. The number of carbonyl (C=O) groups is 1. The summed E-state index contributed by atoms with van der Waals surface area (Å²) in [5, 5.41) is 10.2. The number of halogens is 3. The number of anilines is 1. The summed E-state index contributed by atoms with van der Waals surface area (Å²) in [5.41, 5.74) is 1.79. The van der Waals surface area contributed by atoms with E-state index in [1.54, 1.807) is 0 Å². The Morgan fingerprint density at radius 1 is 1.22 bits per heavy atom. The van der Waals surface area contributed by atoms with Crippen LogP contribution in [0.3, 0.4) is 0 Å². The van der Waals surface area contributed by atoms with Crippen molar-refractivity contribution in [1.29, 1.82) is 0 Å². The quantitative estimate of drug-likeness (QED) is 0.683. The van der Waals surface area contributed by atoms with E-state index in [0.29, 0.717) is 17.5 Å². The molecule has 0 bridgehead atoms. The van der Waals surface area contributed by atoms with Gasteiger partial charge in [0.1, 0.15) is 0 Å². The monoisotopic (exact) mass is 339 g/mol. The van der Waals surface area contributed by atoms with Gasteiger partial charge < -0.3 is 4.90 Å². The van der Waals surface area contributed by atoms with Crippen LogP contribution in [0.2, 0.25) is 0 Å². The van der Waals surface area contributed by atoms with Crippen LogP contribution in [0.15, 0.2) is 24.3 Å². The van der Waals surface area contributed by atoms with Crippen LogP contribution in [0.5, 0.6) is 0 Å². The number of amides is 1. The van der Waals surface area contributed by atoms with Crippen LogP contribution in [0.4, 0.5) is 18.9 Å². The Morgan fingerprint density at radius 2 is 2.00 bits per heavy atom. The number of aromatic nitrogens is 4. The van der Waals surface area contributed by atoms with Gasteiger partial charge in [-0.1, -0.05) is 29.5 Å². The summed E-state index contributed by atoms with van der Waals surface area (Å²) in [6, 6.07) is 7.42. The summed E-state index contributed by atoms with van der Waals surface area (Å²) >= 11 is 0.791. The molecule has 0 radical (unpaired) electrons. The standard InChI is InChI=1S/C13H8F3N5OS/c14-13(15,16)11-17-18-12-21(11)19-9(23-12)10(22)20-6-5-7-3-1-2-4-8(7)20/h1-4H,5-6H2. The fourth-order valence-electron chi connectivity index (χ4n) is 2.54. The Labute approximate surface area is 131 Å². The second-order valence-electron chi connectivity index (χ2n) is 4.96. The molecule has 10 heteroatoms. The van der Waals surface area contributed by atoms with Gasteiger partial charge in [0, 0.05) is 12.2 Å². The van der Waals surface area contributed by atoms with Crippen LogP contribution >= 0.6 is 11.3 Å². The molecule has 0 unspecified atom stereocenters. The molecule has 1 amide bonds. The lowest BCUT2D eigenvalue weighted by molar-refractivity contribution is -0.146. The second kappa shape index (κ2) is 4.75. The van der Waals surface area contributed by atoms with Gasteiger partial charge in [-0.15, -0.1) is 15.3 Å². The molecule has 4 rings (SSSR count). The van der Waals surface area contributed by atoms with Gasteiger partial charge in [-0.25, -0.2) is 0 Å². The molecular weight excluding hydrogens is 331 g/mol. The summed E-state index contributed by atoms with van der Waals surface area (Å²) in [4.78, 5) is 14.0. The Morgan fingerprint density at radius 3 is 2.78 bits per heavy atom. The van der Waals surface area contributed by atoms with Crippen molar-refractivity contribution >= 4 is 27.9 Å². The van der Waals surface area contributed by atoms with Crippen molar-refractivity contribution in [3.8, 4) is 0 Å². The molecule has 0 N–H and O–H groups in total. The Kier molecular flexibility index (Phi) is 2.92. The molecule has 3 aromatic rings. The first-order valence-electron chi connectivity index (χ1n) is 6.64. The first-order valence-corrected chi connectivity index (χ1v) is 7.46. The van der Waals surface area contributed by atoms with Gasteiger partial charge in [0.15, 0.2) is 0 Å². The van der Waals surface area contributed by atoms with Crippen molar-refractivity contribution in [2.24, 2.45) is 0 Å². The maximum Gasteiger partial charge on any atom is 0.453 e. The van der Waals surface area contributed by atoms with Gasteiger partial charge in [0.05, 0.1) is 0 Å². The number of carbonyl (C=O) groups excluding carboxylic acids is 1. The highest BCUT2D eigenvalue weighted by Gasteiger charge is 2.39. The highest BCUT2D eigenvalue weighted by molar-refractivity contribution is 7.18. The second-order valence-corrected chi connectivity index (χ2v) is 5.91. The lowest BCUT2D eigenvalue weighted by atomic mass is 10.2. The van der Waals surface area contributed by atoms with Crippen molar-refractivity contribution in [2.45, 2.75) is 12.6 Å². The van der Waals surface area contributed by atoms with Gasteiger partial charge in [0.2, 0.25) is 9.97 Å². The molecule has 0 fully saturated rings. The van der Waals surface area contributed by atoms with Crippen molar-refractivity contribution in [1.82, 2.24) is 19.8 Å². The van der Waals surface area contributed by atoms with Gasteiger partial charge in [-0.2, -0.15) is 17.7 Å². The maximum atomic E-state index is 12.8. The van der Waals surface area contributed by atoms with E-state index in [2.05, 4.69) is 15.3 Å². The van der Waals surface area contributed by atoms with Crippen molar-refractivity contribution in [2.75, 3.05) is 11.4 Å². The first kappa shape index (κ1) is 14.1. The zero-order valence-corrected chi connectivity index (χ0v) is 12.2. The minimum absolute atomic E-state index is 0.0443. The average molecular weight is 339 g/mol. The van der Waals surface area contributed by atoms with Crippen molar-refractivity contribution < 1.29 is 18.0 Å². The molecule has 0 saturated carbocycles. The molecule has 6 nitrogen and oxygen atoms in total. The topological polar surface area (TPSA) is 63.4 Å². The predicted octanol–water partition coefficient (Wildman–Crippen LogP) is 2.41. The number of alkyl halides is 3. The molecule has 118 valence electrons. The predicted molar refractivity (Wildman–Crippen MR) is 75.5 cm³/mol. The smallest absolute Gasteiger partial charge is 0.306 e. The van der Waals surface area contributed by atoms with Gasteiger partial charge in [-0.3, -0.25) is 4.79 Å². The molecule has 0 saturated heterocycles. The lowest BCUT2D eigenvalue weighted by Gasteiger charge is -2.15. The number of rotatable bonds is 1. The van der Waals surface area contributed by atoms with Crippen molar-refractivity contribution in [3.05, 3.63) is 40.7 Å². The first-order chi connectivity index (χ1) is 10.9. The largest absolute Gasteiger partial charge is 0.453 e. The van der Waals surface area contributed by atoms with Gasteiger partial charge in [-0.05, 0) is 18.1 Å². The van der Waals surface area contributed by atoms with Crippen molar-refractivity contribution in [3.63, 3.8) is 0 Å². The third-order valence-corrected chi connectivity index (χ3v) is 4.45. The molecule has 2 aromatic heterocycles. The Balaban J connectivity index is 1.73. The normalized spacial score (nSPS) is 14.5. The molecule has 23 heavy (non-hydrogen) atoms. The zero-order chi connectivity index (χ0) is 16.2. The third-order valence-electron chi connectivity index (χ3n) is 3.56.